The third kappa shape index (κ3) is 3.71. The van der Waals surface area contributed by atoms with Crippen LogP contribution in [-0.2, 0) is 11.3 Å². The van der Waals surface area contributed by atoms with E-state index in [1.807, 2.05) is 73.0 Å². The Kier molecular flexibility index (Phi) is 5.27. The number of fused-ring (bicyclic) bond motifs is 1. The van der Waals surface area contributed by atoms with Crippen LogP contribution in [0.2, 0.25) is 0 Å². The average molecular weight is 404 g/mol. The first-order chi connectivity index (χ1) is 14.1. The summed E-state index contributed by atoms with van der Waals surface area (Å²) in [5.41, 5.74) is 2.69. The Morgan fingerprint density at radius 1 is 1.10 bits per heavy atom. The van der Waals surface area contributed by atoms with Crippen LogP contribution >= 0.6 is 11.3 Å². The van der Waals surface area contributed by atoms with Crippen LogP contribution in [0, 0.1) is 0 Å². The lowest BCUT2D eigenvalue weighted by Crippen LogP contribution is -2.35. The van der Waals surface area contributed by atoms with E-state index >= 15 is 0 Å². The smallest absolute Gasteiger partial charge is 0.263 e. The Labute approximate surface area is 172 Å². The van der Waals surface area contributed by atoms with Crippen molar-refractivity contribution in [2.45, 2.75) is 19.5 Å². The van der Waals surface area contributed by atoms with Gasteiger partial charge in [-0.2, -0.15) is 0 Å². The van der Waals surface area contributed by atoms with Crippen LogP contribution in [0.25, 0.3) is 21.3 Å². The lowest BCUT2D eigenvalue weighted by atomic mass is 10.1. The fourth-order valence-electron chi connectivity index (χ4n) is 3.34. The fraction of sp³-hybridized carbons (Fsp3) is 0.174. The number of hydrogen-bond acceptors (Lipinski definition) is 4. The second-order valence-corrected chi connectivity index (χ2v) is 7.82. The lowest BCUT2D eigenvalue weighted by molar-refractivity contribution is -0.132. The summed E-state index contributed by atoms with van der Waals surface area (Å²) >= 11 is 1.44. The van der Waals surface area contributed by atoms with Gasteiger partial charge >= 0.3 is 0 Å². The SMILES string of the molecule is C[C@@H](c1ccccc1)N(C)C(=O)Cn1cnc2scc(-c3ccccc3)c2c1=O. The van der Waals surface area contributed by atoms with E-state index in [4.69, 9.17) is 0 Å². The van der Waals surface area contributed by atoms with Crippen molar-refractivity contribution in [3.05, 3.63) is 88.3 Å². The molecule has 0 aliphatic rings. The maximum atomic E-state index is 13.1. The summed E-state index contributed by atoms with van der Waals surface area (Å²) in [4.78, 5) is 32.8. The van der Waals surface area contributed by atoms with Crippen molar-refractivity contribution < 1.29 is 4.79 Å². The Hall–Kier alpha value is -3.25. The summed E-state index contributed by atoms with van der Waals surface area (Å²) in [6.45, 7) is 1.93. The van der Waals surface area contributed by atoms with Gasteiger partial charge in [-0.05, 0) is 18.1 Å². The predicted molar refractivity (Wildman–Crippen MR) is 117 cm³/mol. The third-order valence-electron chi connectivity index (χ3n) is 5.21. The van der Waals surface area contributed by atoms with Crippen molar-refractivity contribution in [3.63, 3.8) is 0 Å². The van der Waals surface area contributed by atoms with E-state index in [-0.39, 0.29) is 24.1 Å². The molecule has 0 fully saturated rings. The monoisotopic (exact) mass is 403 g/mol. The van der Waals surface area contributed by atoms with Crippen molar-refractivity contribution in [3.8, 4) is 11.1 Å². The molecule has 0 saturated heterocycles. The minimum Gasteiger partial charge on any atom is -0.337 e. The number of benzene rings is 2. The molecule has 0 aliphatic carbocycles. The second-order valence-electron chi connectivity index (χ2n) is 6.96. The number of amides is 1. The molecule has 4 aromatic rings. The van der Waals surface area contributed by atoms with E-state index in [9.17, 15) is 9.59 Å². The van der Waals surface area contributed by atoms with E-state index in [1.54, 1.807) is 11.9 Å². The van der Waals surface area contributed by atoms with Gasteiger partial charge in [-0.3, -0.25) is 14.2 Å². The van der Waals surface area contributed by atoms with Crippen LogP contribution in [-0.4, -0.2) is 27.4 Å². The van der Waals surface area contributed by atoms with Gasteiger partial charge in [-0.25, -0.2) is 4.98 Å². The number of hydrogen-bond donors (Lipinski definition) is 0. The van der Waals surface area contributed by atoms with Crippen LogP contribution in [0.3, 0.4) is 0 Å². The zero-order valence-corrected chi connectivity index (χ0v) is 17.1. The van der Waals surface area contributed by atoms with Crippen LogP contribution < -0.4 is 5.56 Å². The highest BCUT2D eigenvalue weighted by molar-refractivity contribution is 7.17. The molecule has 0 spiro atoms. The molecule has 0 bridgehead atoms. The van der Waals surface area contributed by atoms with Crippen molar-refractivity contribution in [2.75, 3.05) is 7.05 Å². The first-order valence-corrected chi connectivity index (χ1v) is 10.3. The Morgan fingerprint density at radius 3 is 2.45 bits per heavy atom. The van der Waals surface area contributed by atoms with E-state index in [2.05, 4.69) is 4.98 Å². The van der Waals surface area contributed by atoms with E-state index < -0.39 is 0 Å². The summed E-state index contributed by atoms with van der Waals surface area (Å²) < 4.78 is 1.40. The minimum absolute atomic E-state index is 0.0421. The molecule has 0 aliphatic heterocycles. The molecule has 2 aromatic carbocycles. The van der Waals surface area contributed by atoms with Gasteiger partial charge in [0.25, 0.3) is 5.56 Å². The van der Waals surface area contributed by atoms with Gasteiger partial charge in [-0.1, -0.05) is 60.7 Å². The second kappa shape index (κ2) is 8.01. The number of likely N-dealkylation sites (N-methyl/N-ethyl adjacent to an activating group) is 1. The number of nitrogens with zero attached hydrogens (tertiary/aromatic N) is 3. The largest absolute Gasteiger partial charge is 0.337 e. The number of thiophene rings is 1. The molecule has 4 rings (SSSR count). The predicted octanol–water partition coefficient (Wildman–Crippen LogP) is 4.34. The van der Waals surface area contributed by atoms with E-state index in [0.717, 1.165) is 16.7 Å². The van der Waals surface area contributed by atoms with Crippen molar-refractivity contribution >= 4 is 27.5 Å². The zero-order chi connectivity index (χ0) is 20.4. The highest BCUT2D eigenvalue weighted by Gasteiger charge is 2.19. The first kappa shape index (κ1) is 19.1. The molecule has 1 atom stereocenters. The summed E-state index contributed by atoms with van der Waals surface area (Å²) in [7, 11) is 1.76. The number of aromatic nitrogens is 2. The van der Waals surface area contributed by atoms with Crippen LogP contribution in [0.1, 0.15) is 18.5 Å². The summed E-state index contributed by atoms with van der Waals surface area (Å²) in [5.74, 6) is -0.138. The van der Waals surface area contributed by atoms with Gasteiger partial charge in [0.1, 0.15) is 11.4 Å². The zero-order valence-electron chi connectivity index (χ0n) is 16.3. The summed E-state index contributed by atoms with van der Waals surface area (Å²) in [5, 5.41) is 2.51. The third-order valence-corrected chi connectivity index (χ3v) is 6.09. The van der Waals surface area contributed by atoms with Crippen LogP contribution in [0.5, 0.6) is 0 Å². The van der Waals surface area contributed by atoms with Gasteiger partial charge < -0.3 is 4.90 Å². The summed E-state index contributed by atoms with van der Waals surface area (Å²) in [6.07, 6.45) is 1.47. The Balaban J connectivity index is 1.64. The molecule has 146 valence electrons. The van der Waals surface area contributed by atoms with Crippen LogP contribution in [0.4, 0.5) is 0 Å². The maximum absolute atomic E-state index is 13.1. The van der Waals surface area contributed by atoms with Gasteiger partial charge in [0.05, 0.1) is 17.8 Å². The molecule has 29 heavy (non-hydrogen) atoms. The Bertz CT molecular complexity index is 1200. The average Bonchev–Trinajstić information content (AvgIpc) is 3.21. The highest BCUT2D eigenvalue weighted by Crippen LogP contribution is 2.30. The summed E-state index contributed by atoms with van der Waals surface area (Å²) in [6, 6.07) is 19.5. The number of rotatable bonds is 5. The van der Waals surface area contributed by atoms with Gasteiger partial charge in [0.15, 0.2) is 0 Å². The highest BCUT2D eigenvalue weighted by atomic mass is 32.1. The fourth-order valence-corrected chi connectivity index (χ4v) is 4.25. The quantitative estimate of drug-likeness (QED) is 0.498. The van der Waals surface area contributed by atoms with Gasteiger partial charge in [0, 0.05) is 18.0 Å². The first-order valence-electron chi connectivity index (χ1n) is 9.39. The van der Waals surface area contributed by atoms with Crippen molar-refractivity contribution in [1.82, 2.24) is 14.5 Å². The van der Waals surface area contributed by atoms with Crippen molar-refractivity contribution in [1.29, 1.82) is 0 Å². The molecule has 0 unspecified atom stereocenters. The standard InChI is InChI=1S/C23H21N3O2S/c1-16(17-9-5-3-6-10-17)25(2)20(27)13-26-15-24-22-21(23(26)28)19(14-29-22)18-11-7-4-8-12-18/h3-12,14-16H,13H2,1-2H3/t16-/m0/s1. The molecule has 0 radical (unpaired) electrons. The molecule has 0 N–H and O–H groups in total. The molecular formula is C23H21N3O2S. The Morgan fingerprint density at radius 2 is 1.76 bits per heavy atom. The minimum atomic E-state index is -0.191. The maximum Gasteiger partial charge on any atom is 0.263 e. The number of carbonyl (C=O) groups is 1. The molecule has 2 heterocycles. The molecule has 2 aromatic heterocycles. The van der Waals surface area contributed by atoms with Gasteiger partial charge in [0.2, 0.25) is 5.91 Å². The van der Waals surface area contributed by atoms with Crippen LogP contribution in [0.15, 0.2) is 77.2 Å². The lowest BCUT2D eigenvalue weighted by Gasteiger charge is -2.25. The topological polar surface area (TPSA) is 55.2 Å². The normalized spacial score (nSPS) is 12.1. The molecule has 1 amide bonds. The molecule has 6 heteroatoms. The van der Waals surface area contributed by atoms with E-state index in [1.165, 1.54) is 22.2 Å². The molecule has 0 saturated carbocycles. The molecule has 5 nitrogen and oxygen atoms in total. The van der Waals surface area contributed by atoms with E-state index in [0.29, 0.717) is 10.2 Å². The number of carbonyl (C=O) groups excluding carboxylic acids is 1. The molecular weight excluding hydrogens is 382 g/mol. The van der Waals surface area contributed by atoms with Gasteiger partial charge in [-0.15, -0.1) is 11.3 Å². The van der Waals surface area contributed by atoms with Crippen molar-refractivity contribution in [2.24, 2.45) is 0 Å².